The molecule has 0 radical (unpaired) electrons. The Labute approximate surface area is 181 Å². The van der Waals surface area contributed by atoms with E-state index in [1.54, 1.807) is 28.8 Å². The van der Waals surface area contributed by atoms with Crippen LogP contribution < -0.4 is 15.0 Å². The van der Waals surface area contributed by atoms with Crippen LogP contribution in [0.5, 0.6) is 28.7 Å². The highest BCUT2D eigenvalue weighted by Crippen LogP contribution is 2.36. The van der Waals surface area contributed by atoms with E-state index >= 15 is 0 Å². The zero-order valence-electron chi connectivity index (χ0n) is 17.0. The lowest BCUT2D eigenvalue weighted by atomic mass is 10.2. The molecular weight excluding hydrogens is 416 g/mol. The summed E-state index contributed by atoms with van der Waals surface area (Å²) in [7, 11) is 0. The van der Waals surface area contributed by atoms with Crippen molar-refractivity contribution in [3.63, 3.8) is 0 Å². The number of aliphatic carboxylic acids is 1. The number of carboxylic acid groups (broad SMARTS) is 1. The number of rotatable bonds is 7. The van der Waals surface area contributed by atoms with Crippen molar-refractivity contribution in [2.45, 2.75) is 13.5 Å². The average molecular weight is 436 g/mol. The van der Waals surface area contributed by atoms with Crippen molar-refractivity contribution in [3.8, 4) is 28.7 Å². The number of carbonyl (C=O) groups is 1. The Bertz CT molecular complexity index is 1350. The number of benzene rings is 2. The fourth-order valence-electron chi connectivity index (χ4n) is 3.40. The first-order valence-electron chi connectivity index (χ1n) is 9.67. The minimum Gasteiger partial charge on any atom is -0.508 e. The summed E-state index contributed by atoms with van der Waals surface area (Å²) >= 11 is 0. The summed E-state index contributed by atoms with van der Waals surface area (Å²) in [6.07, 6.45) is 0. The number of hydrogen-bond acceptors (Lipinski definition) is 6. The van der Waals surface area contributed by atoms with Crippen LogP contribution in [0.25, 0.3) is 11.0 Å². The maximum Gasteiger partial charge on any atom is 0.341 e. The van der Waals surface area contributed by atoms with E-state index in [2.05, 4.69) is 4.98 Å². The molecular formula is C23H20N2O7. The van der Waals surface area contributed by atoms with Gasteiger partial charge in [0.15, 0.2) is 12.4 Å². The zero-order chi connectivity index (χ0) is 22.8. The molecule has 2 aromatic carbocycles. The van der Waals surface area contributed by atoms with E-state index in [0.717, 1.165) is 0 Å². The minimum absolute atomic E-state index is 0.00629. The number of phenolic OH excluding ortho intramolecular Hbond substituents is 2. The molecule has 0 amide bonds. The molecule has 32 heavy (non-hydrogen) atoms. The van der Waals surface area contributed by atoms with Crippen molar-refractivity contribution in [2.75, 3.05) is 6.61 Å². The number of H-pyrrole nitrogens is 1. The van der Waals surface area contributed by atoms with E-state index in [1.807, 2.05) is 6.92 Å². The maximum atomic E-state index is 12.0. The predicted molar refractivity (Wildman–Crippen MR) is 116 cm³/mol. The number of nitrogens with zero attached hydrogens (tertiary/aromatic N) is 1. The number of aromatic hydroxyl groups is 2. The molecule has 9 heteroatoms. The van der Waals surface area contributed by atoms with Crippen molar-refractivity contribution in [2.24, 2.45) is 0 Å². The van der Waals surface area contributed by atoms with Crippen LogP contribution in [-0.2, 0) is 11.3 Å². The van der Waals surface area contributed by atoms with Crippen LogP contribution >= 0.6 is 0 Å². The molecule has 164 valence electrons. The van der Waals surface area contributed by atoms with Gasteiger partial charge in [-0.2, -0.15) is 0 Å². The van der Waals surface area contributed by atoms with Crippen LogP contribution in [0.15, 0.2) is 59.4 Å². The molecule has 4 rings (SSSR count). The van der Waals surface area contributed by atoms with Crippen LogP contribution in [0.3, 0.4) is 0 Å². The molecule has 0 saturated heterocycles. The number of aromatic amines is 1. The second-order valence-corrected chi connectivity index (χ2v) is 7.15. The van der Waals surface area contributed by atoms with E-state index in [9.17, 15) is 19.8 Å². The molecule has 0 saturated carbocycles. The average Bonchev–Trinajstić information content (AvgIpc) is 3.00. The fourth-order valence-corrected chi connectivity index (χ4v) is 3.40. The van der Waals surface area contributed by atoms with Crippen molar-refractivity contribution in [1.29, 1.82) is 0 Å². The third-order valence-electron chi connectivity index (χ3n) is 4.94. The van der Waals surface area contributed by atoms with Crippen LogP contribution in [0.4, 0.5) is 0 Å². The summed E-state index contributed by atoms with van der Waals surface area (Å²) in [5, 5.41) is 29.3. The molecule has 0 atom stereocenters. The molecule has 0 aliphatic heterocycles. The van der Waals surface area contributed by atoms with E-state index in [4.69, 9.17) is 14.6 Å². The van der Waals surface area contributed by atoms with E-state index in [1.165, 1.54) is 30.3 Å². The molecule has 4 N–H and O–H groups in total. The molecule has 0 aliphatic carbocycles. The highest BCUT2D eigenvalue weighted by atomic mass is 16.5. The topological polar surface area (TPSA) is 134 Å². The molecule has 4 aromatic rings. The number of aromatic nitrogens is 2. The smallest absolute Gasteiger partial charge is 0.341 e. The second-order valence-electron chi connectivity index (χ2n) is 7.15. The highest BCUT2D eigenvalue weighted by molar-refractivity contribution is 5.86. The molecule has 0 bridgehead atoms. The number of phenols is 2. The summed E-state index contributed by atoms with van der Waals surface area (Å²) in [5.41, 5.74) is 1.36. The van der Waals surface area contributed by atoms with Gasteiger partial charge < -0.3 is 34.3 Å². The monoisotopic (exact) mass is 436 g/mol. The highest BCUT2D eigenvalue weighted by Gasteiger charge is 2.19. The largest absolute Gasteiger partial charge is 0.508 e. The molecule has 9 nitrogen and oxygen atoms in total. The van der Waals surface area contributed by atoms with Gasteiger partial charge >= 0.3 is 5.97 Å². The van der Waals surface area contributed by atoms with Gasteiger partial charge in [0.2, 0.25) is 5.56 Å². The number of fused-ring (bicyclic) bond motifs is 1. The van der Waals surface area contributed by atoms with Gasteiger partial charge in [-0.05, 0) is 55.5 Å². The summed E-state index contributed by atoms with van der Waals surface area (Å²) in [6, 6.07) is 13.8. The van der Waals surface area contributed by atoms with Gasteiger partial charge in [0.05, 0.1) is 17.6 Å². The first-order valence-corrected chi connectivity index (χ1v) is 9.67. The first kappa shape index (κ1) is 20.9. The Balaban J connectivity index is 1.76. The Hall–Kier alpha value is -4.40. The number of ether oxygens (including phenoxy) is 2. The molecule has 0 fully saturated rings. The Morgan fingerprint density at radius 1 is 1.03 bits per heavy atom. The lowest BCUT2D eigenvalue weighted by molar-refractivity contribution is -0.139. The van der Waals surface area contributed by atoms with Gasteiger partial charge in [0.1, 0.15) is 28.6 Å². The minimum atomic E-state index is -1.11. The van der Waals surface area contributed by atoms with Crippen LogP contribution in [0.2, 0.25) is 0 Å². The molecule has 0 aliphatic rings. The van der Waals surface area contributed by atoms with Crippen molar-refractivity contribution >= 4 is 17.0 Å². The normalized spacial score (nSPS) is 10.9. The van der Waals surface area contributed by atoms with E-state index < -0.39 is 12.6 Å². The molecule has 2 aromatic heterocycles. The van der Waals surface area contributed by atoms with Crippen molar-refractivity contribution in [1.82, 2.24) is 9.55 Å². The fraction of sp³-hybridized carbons (Fsp3) is 0.130. The summed E-state index contributed by atoms with van der Waals surface area (Å²) in [5.74, 6) is 0.307. The van der Waals surface area contributed by atoms with Crippen molar-refractivity contribution < 1.29 is 29.6 Å². The predicted octanol–water partition coefficient (Wildman–Crippen LogP) is 3.35. The standard InChI is InChI=1S/C23H20N2O7/c1-13-22(32-16-4-2-15(26)3-5-16)18-7-9-20(28)24-23(18)25(13)11-14-10-17(6-8-19(14)27)31-12-21(29)30/h2-10,26-27H,11-12H2,1H3,(H,24,28)(H,29,30). The van der Waals surface area contributed by atoms with Crippen LogP contribution in [-0.4, -0.2) is 37.4 Å². The third-order valence-corrected chi connectivity index (χ3v) is 4.94. The van der Waals surface area contributed by atoms with Gasteiger partial charge in [0.25, 0.3) is 0 Å². The van der Waals surface area contributed by atoms with E-state index in [0.29, 0.717) is 39.5 Å². The van der Waals surface area contributed by atoms with E-state index in [-0.39, 0.29) is 23.6 Å². The zero-order valence-corrected chi connectivity index (χ0v) is 17.0. The summed E-state index contributed by atoms with van der Waals surface area (Å²) in [4.78, 5) is 25.6. The lowest BCUT2D eigenvalue weighted by Gasteiger charge is -2.12. The Morgan fingerprint density at radius 2 is 1.75 bits per heavy atom. The maximum absolute atomic E-state index is 12.0. The van der Waals surface area contributed by atoms with Crippen LogP contribution in [0, 0.1) is 6.92 Å². The van der Waals surface area contributed by atoms with Gasteiger partial charge in [-0.25, -0.2) is 4.79 Å². The van der Waals surface area contributed by atoms with Crippen molar-refractivity contribution in [3.05, 3.63) is 76.2 Å². The molecule has 0 unspecified atom stereocenters. The van der Waals surface area contributed by atoms with Gasteiger partial charge in [-0.15, -0.1) is 0 Å². The second kappa shape index (κ2) is 8.38. The molecule has 0 spiro atoms. The summed E-state index contributed by atoms with van der Waals surface area (Å²) < 4.78 is 13.0. The Kier molecular flexibility index (Phi) is 5.46. The van der Waals surface area contributed by atoms with Crippen LogP contribution in [0.1, 0.15) is 11.3 Å². The Morgan fingerprint density at radius 3 is 2.47 bits per heavy atom. The quantitative estimate of drug-likeness (QED) is 0.349. The number of hydrogen-bond donors (Lipinski definition) is 4. The van der Waals surface area contributed by atoms with Gasteiger partial charge in [-0.3, -0.25) is 4.79 Å². The third kappa shape index (κ3) is 4.22. The number of nitrogens with one attached hydrogen (secondary N) is 1. The lowest BCUT2D eigenvalue weighted by Crippen LogP contribution is -2.10. The number of carboxylic acids is 1. The van der Waals surface area contributed by atoms with Gasteiger partial charge in [-0.1, -0.05) is 0 Å². The number of pyridine rings is 1. The SMILES string of the molecule is Cc1c(Oc2ccc(O)cc2)c2ccc(=O)[nH]c2n1Cc1cc(OCC(=O)O)ccc1O. The molecule has 2 heterocycles. The van der Waals surface area contributed by atoms with Gasteiger partial charge in [0, 0.05) is 11.6 Å². The summed E-state index contributed by atoms with van der Waals surface area (Å²) in [6.45, 7) is 1.47. The first-order chi connectivity index (χ1) is 15.3.